The molecule has 15 aromatic carbocycles. The predicted octanol–water partition coefficient (Wildman–Crippen LogP) is 23.2. The van der Waals surface area contributed by atoms with Gasteiger partial charge >= 0.3 is 0 Å². The van der Waals surface area contributed by atoms with Gasteiger partial charge in [0.1, 0.15) is 0 Å². The van der Waals surface area contributed by atoms with E-state index >= 15 is 0 Å². The van der Waals surface area contributed by atoms with E-state index in [-0.39, 0.29) is 0 Å². The fourth-order valence-corrected chi connectivity index (χ4v) is 12.6. The lowest BCUT2D eigenvalue weighted by Crippen LogP contribution is -2.10. The van der Waals surface area contributed by atoms with E-state index in [9.17, 15) is 0 Å². The van der Waals surface area contributed by atoms with E-state index in [4.69, 9.17) is 0 Å². The molecule has 0 fully saturated rings. The summed E-state index contributed by atoms with van der Waals surface area (Å²) in [5, 5.41) is 9.65. The quantitative estimate of drug-likeness (QED) is 0.0889. The molecule has 2 nitrogen and oxygen atoms in total. The van der Waals surface area contributed by atoms with Crippen LogP contribution in [0.4, 0.5) is 34.1 Å². The highest BCUT2D eigenvalue weighted by molar-refractivity contribution is 6.32. The third-order valence-electron chi connectivity index (χ3n) is 16.6. The van der Waals surface area contributed by atoms with Crippen LogP contribution in [0.25, 0.3) is 110 Å². The van der Waals surface area contributed by atoms with E-state index in [2.05, 4.69) is 350 Å². The van der Waals surface area contributed by atoms with Gasteiger partial charge in [0.25, 0.3) is 0 Å². The van der Waals surface area contributed by atoms with E-state index in [1.165, 1.54) is 110 Å². The molecule has 0 radical (unpaired) electrons. The normalized spacial score (nSPS) is 11.3. The maximum Gasteiger partial charge on any atom is 0.0468 e. The topological polar surface area (TPSA) is 6.48 Å². The Hall–Kier alpha value is -11.1. The molecule has 0 N–H and O–H groups in total. The summed E-state index contributed by atoms with van der Waals surface area (Å²) in [5.41, 5.74) is 20.9. The molecule has 0 aliphatic carbocycles. The zero-order valence-electron chi connectivity index (χ0n) is 46.2. The number of fused-ring (bicyclic) bond motifs is 6. The van der Waals surface area contributed by atoms with E-state index < -0.39 is 0 Å². The summed E-state index contributed by atoms with van der Waals surface area (Å²) >= 11 is 0. The number of rotatable bonds is 12. The van der Waals surface area contributed by atoms with Gasteiger partial charge in [-0.15, -0.1) is 0 Å². The van der Waals surface area contributed by atoms with Crippen LogP contribution in [0.15, 0.2) is 340 Å². The lowest BCUT2D eigenvalue weighted by molar-refractivity contribution is 1.29. The summed E-state index contributed by atoms with van der Waals surface area (Å²) in [6.45, 7) is 0. The van der Waals surface area contributed by atoms with Crippen LogP contribution in [0.2, 0.25) is 0 Å². The summed E-state index contributed by atoms with van der Waals surface area (Å²) < 4.78 is 0. The van der Waals surface area contributed by atoms with Gasteiger partial charge in [0.2, 0.25) is 0 Å². The van der Waals surface area contributed by atoms with Crippen molar-refractivity contribution >= 4 is 77.2 Å². The Morgan fingerprint density at radius 1 is 0.155 bits per heavy atom. The van der Waals surface area contributed by atoms with Crippen LogP contribution in [0.1, 0.15) is 0 Å². The Bertz CT molecular complexity index is 4320. The molecule has 0 amide bonds. The SMILES string of the molecule is c1ccc(-c2ccc(N(c3ccc(-c4ccccc4)cc3)c3ccc4c(ccc5c(-c6ccccc6)c6c(ccc7cc(N(c8ccc(-c9ccccc9)cc8)c8ccc(-c9ccccc9)cc8)ccc76)c(-c6ccccc6)c54)c3)cc2)cc1. The van der Waals surface area contributed by atoms with Crippen molar-refractivity contribution in [2.75, 3.05) is 9.80 Å². The first-order valence-corrected chi connectivity index (χ1v) is 28.9. The molecule has 0 atom stereocenters. The molecular formula is C82H56N2. The van der Waals surface area contributed by atoms with Crippen LogP contribution < -0.4 is 9.80 Å². The average Bonchev–Trinajstić information content (AvgIpc) is 2.65. The molecule has 0 spiro atoms. The standard InChI is InChI=1S/C82H56N2/c1-7-19-57(20-8-1)61-31-41-69(42-32-61)83(70-43-33-62(34-44-70)58-21-9-2-10-22-58)73-49-53-75-67(55-73)39-51-77-80(66-29-17-6-18-30-66)82-76-54-50-74(56-68(76)40-52-78(82)79(81(75)77)65-27-15-5-16-28-65)84(71-45-35-63(36-46-71)59-23-11-3-12-24-59)72-47-37-64(38-48-72)60-25-13-4-14-26-60/h1-56H. The van der Waals surface area contributed by atoms with E-state index in [1.54, 1.807) is 0 Å². The number of nitrogens with zero attached hydrogens (tertiary/aromatic N) is 2. The van der Waals surface area contributed by atoms with Crippen molar-refractivity contribution in [1.82, 2.24) is 0 Å². The van der Waals surface area contributed by atoms with Gasteiger partial charge in [0.05, 0.1) is 0 Å². The highest BCUT2D eigenvalue weighted by Gasteiger charge is 2.23. The Kier molecular flexibility index (Phi) is 12.9. The molecule has 15 aromatic rings. The third kappa shape index (κ3) is 9.32. The molecule has 15 rings (SSSR count). The maximum absolute atomic E-state index is 2.39. The van der Waals surface area contributed by atoms with Gasteiger partial charge in [-0.2, -0.15) is 0 Å². The van der Waals surface area contributed by atoms with Crippen molar-refractivity contribution in [2.24, 2.45) is 0 Å². The van der Waals surface area contributed by atoms with Crippen LogP contribution >= 0.6 is 0 Å². The molecule has 2 heteroatoms. The maximum atomic E-state index is 2.39. The van der Waals surface area contributed by atoms with Gasteiger partial charge in [0.15, 0.2) is 0 Å². The first kappa shape index (κ1) is 49.9. The van der Waals surface area contributed by atoms with Crippen molar-refractivity contribution in [3.8, 4) is 66.8 Å². The lowest BCUT2D eigenvalue weighted by atomic mass is 9.82. The average molecular weight is 1070 g/mol. The van der Waals surface area contributed by atoms with Crippen molar-refractivity contribution in [1.29, 1.82) is 0 Å². The van der Waals surface area contributed by atoms with E-state index in [0.29, 0.717) is 0 Å². The second kappa shape index (κ2) is 21.8. The fourth-order valence-electron chi connectivity index (χ4n) is 12.6. The minimum absolute atomic E-state index is 1.09. The van der Waals surface area contributed by atoms with Crippen LogP contribution in [-0.2, 0) is 0 Å². The summed E-state index contributed by atoms with van der Waals surface area (Å²) in [6, 6.07) is 124. The zero-order valence-corrected chi connectivity index (χ0v) is 46.2. The molecule has 0 aliphatic rings. The molecule has 0 bridgehead atoms. The largest absolute Gasteiger partial charge is 0.310 e. The van der Waals surface area contributed by atoms with Gasteiger partial charge in [-0.05, 0) is 183 Å². The Morgan fingerprint density at radius 2 is 0.369 bits per heavy atom. The van der Waals surface area contributed by atoms with Crippen LogP contribution in [0, 0.1) is 0 Å². The van der Waals surface area contributed by atoms with Crippen LogP contribution in [0.5, 0.6) is 0 Å². The first-order valence-electron chi connectivity index (χ1n) is 28.9. The molecule has 0 heterocycles. The first-order chi connectivity index (χ1) is 41.7. The molecule has 0 saturated heterocycles. The van der Waals surface area contributed by atoms with Gasteiger partial charge < -0.3 is 9.80 Å². The number of anilines is 6. The molecular weight excluding hydrogens is 1010 g/mol. The van der Waals surface area contributed by atoms with Crippen LogP contribution in [0.3, 0.4) is 0 Å². The molecule has 0 unspecified atom stereocenters. The summed E-state index contributed by atoms with van der Waals surface area (Å²) in [7, 11) is 0. The second-order valence-corrected chi connectivity index (χ2v) is 21.6. The number of hydrogen-bond acceptors (Lipinski definition) is 2. The Morgan fingerprint density at radius 3 is 0.631 bits per heavy atom. The highest BCUT2D eigenvalue weighted by atomic mass is 15.1. The minimum atomic E-state index is 1.09. The number of benzene rings is 15. The zero-order chi connectivity index (χ0) is 55.8. The van der Waals surface area contributed by atoms with Crippen LogP contribution in [-0.4, -0.2) is 0 Å². The van der Waals surface area contributed by atoms with Crippen molar-refractivity contribution in [3.63, 3.8) is 0 Å². The van der Waals surface area contributed by atoms with Crippen molar-refractivity contribution in [3.05, 3.63) is 340 Å². The smallest absolute Gasteiger partial charge is 0.0468 e. The van der Waals surface area contributed by atoms with Gasteiger partial charge in [-0.1, -0.05) is 267 Å². The molecule has 0 aromatic heterocycles. The predicted molar refractivity (Wildman–Crippen MR) is 358 cm³/mol. The Balaban J connectivity index is 0.914. The van der Waals surface area contributed by atoms with E-state index in [1.807, 2.05) is 0 Å². The van der Waals surface area contributed by atoms with Gasteiger partial charge in [0, 0.05) is 34.1 Å². The molecule has 0 aliphatic heterocycles. The third-order valence-corrected chi connectivity index (χ3v) is 16.6. The monoisotopic (exact) mass is 1070 g/mol. The van der Waals surface area contributed by atoms with Gasteiger partial charge in [-0.3, -0.25) is 0 Å². The summed E-state index contributed by atoms with van der Waals surface area (Å²) in [5.74, 6) is 0. The summed E-state index contributed by atoms with van der Waals surface area (Å²) in [4.78, 5) is 4.78. The second-order valence-electron chi connectivity index (χ2n) is 21.6. The van der Waals surface area contributed by atoms with E-state index in [0.717, 1.165) is 34.1 Å². The van der Waals surface area contributed by atoms with Gasteiger partial charge in [-0.25, -0.2) is 0 Å². The summed E-state index contributed by atoms with van der Waals surface area (Å²) in [6.07, 6.45) is 0. The fraction of sp³-hybridized carbons (Fsp3) is 0. The molecule has 0 saturated carbocycles. The number of hydrogen-bond donors (Lipinski definition) is 0. The lowest BCUT2D eigenvalue weighted by Gasteiger charge is -2.27. The molecule has 84 heavy (non-hydrogen) atoms. The Labute approximate surface area is 490 Å². The van der Waals surface area contributed by atoms with Crippen molar-refractivity contribution < 1.29 is 0 Å². The minimum Gasteiger partial charge on any atom is -0.310 e. The van der Waals surface area contributed by atoms with Crippen molar-refractivity contribution in [2.45, 2.75) is 0 Å². The highest BCUT2D eigenvalue weighted by Crippen LogP contribution is 2.50. The molecule has 394 valence electrons.